The Kier molecular flexibility index (Phi) is 6.52. The number of anilines is 1. The average Bonchev–Trinajstić information content (AvgIpc) is 2.69. The number of nitrogens with two attached hydrogens (primary N) is 1. The number of para-hydroxylation sites is 2. The van der Waals surface area contributed by atoms with Crippen molar-refractivity contribution in [1.29, 1.82) is 0 Å². The van der Waals surface area contributed by atoms with E-state index in [2.05, 4.69) is 9.97 Å². The fourth-order valence-electron chi connectivity index (χ4n) is 2.55. The van der Waals surface area contributed by atoms with Gasteiger partial charge in [0.1, 0.15) is 12.4 Å². The van der Waals surface area contributed by atoms with Gasteiger partial charge in [-0.05, 0) is 29.8 Å². The van der Waals surface area contributed by atoms with Crippen LogP contribution in [0.3, 0.4) is 0 Å². The zero-order chi connectivity index (χ0) is 19.9. The zero-order valence-corrected chi connectivity index (χ0v) is 16.0. The normalized spacial score (nSPS) is 10.5. The van der Waals surface area contributed by atoms with Crippen LogP contribution < -0.4 is 19.9 Å². The topological polar surface area (TPSA) is 99.7 Å². The van der Waals surface area contributed by atoms with Gasteiger partial charge < -0.3 is 25.1 Å². The highest BCUT2D eigenvalue weighted by molar-refractivity contribution is 6.30. The molecule has 3 aromatic rings. The summed E-state index contributed by atoms with van der Waals surface area (Å²) in [6.07, 6.45) is 0.412. The Balaban J connectivity index is 1.95. The van der Waals surface area contributed by atoms with Crippen LogP contribution in [0.25, 0.3) is 0 Å². The molecule has 0 aliphatic rings. The highest BCUT2D eigenvalue weighted by Crippen LogP contribution is 2.38. The highest BCUT2D eigenvalue weighted by atomic mass is 35.5. The molecular formula is C20H20ClN3O4. The molecule has 3 N–H and O–H groups in total. The minimum atomic E-state index is -0.179. The van der Waals surface area contributed by atoms with Gasteiger partial charge in [-0.25, -0.2) is 4.98 Å². The number of ether oxygens (including phenoxy) is 3. The van der Waals surface area contributed by atoms with Crippen molar-refractivity contribution in [3.05, 3.63) is 64.9 Å². The third-order valence-electron chi connectivity index (χ3n) is 3.77. The van der Waals surface area contributed by atoms with E-state index in [0.717, 1.165) is 5.56 Å². The maximum absolute atomic E-state index is 9.12. The number of halogens is 1. The van der Waals surface area contributed by atoms with Crippen LogP contribution in [0.4, 0.5) is 5.82 Å². The predicted molar refractivity (Wildman–Crippen MR) is 106 cm³/mol. The molecule has 28 heavy (non-hydrogen) atoms. The summed E-state index contributed by atoms with van der Waals surface area (Å²) in [5.74, 6) is 1.83. The Morgan fingerprint density at radius 3 is 2.57 bits per heavy atom. The number of nitrogen functional groups attached to an aromatic ring is 1. The van der Waals surface area contributed by atoms with Crippen LogP contribution in [0.1, 0.15) is 11.4 Å². The van der Waals surface area contributed by atoms with Gasteiger partial charge in [0.05, 0.1) is 13.7 Å². The molecule has 1 heterocycles. The number of aliphatic hydroxyl groups excluding tert-OH is 1. The van der Waals surface area contributed by atoms with E-state index in [1.54, 1.807) is 31.4 Å². The molecule has 0 spiro atoms. The van der Waals surface area contributed by atoms with Gasteiger partial charge in [0, 0.05) is 11.4 Å². The molecule has 0 unspecified atom stereocenters. The Morgan fingerprint density at radius 1 is 1.07 bits per heavy atom. The second kappa shape index (κ2) is 9.25. The standard InChI is InChI=1S/C20H20ClN3O4/c1-26-15-7-2-3-8-16(15)28-18-19(22)23-17(24-20(18)27-10-9-25)12-13-5-4-6-14(21)11-13/h2-8,11,25H,9-10,12H2,1H3,(H2,22,23,24). The van der Waals surface area contributed by atoms with E-state index in [0.29, 0.717) is 28.8 Å². The summed E-state index contributed by atoms with van der Waals surface area (Å²) in [5, 5.41) is 9.74. The fraction of sp³-hybridized carbons (Fsp3) is 0.200. The lowest BCUT2D eigenvalue weighted by Gasteiger charge is -2.15. The average molecular weight is 402 g/mol. The number of benzene rings is 2. The van der Waals surface area contributed by atoms with Crippen molar-refractivity contribution in [2.24, 2.45) is 0 Å². The summed E-state index contributed by atoms with van der Waals surface area (Å²) in [4.78, 5) is 8.75. The summed E-state index contributed by atoms with van der Waals surface area (Å²) in [6, 6.07) is 14.5. The molecular weight excluding hydrogens is 382 g/mol. The van der Waals surface area contributed by atoms with Gasteiger partial charge in [-0.15, -0.1) is 0 Å². The molecule has 1 aromatic heterocycles. The first-order valence-electron chi connectivity index (χ1n) is 8.56. The molecule has 8 heteroatoms. The number of rotatable bonds is 8. The molecule has 0 aliphatic carbocycles. The largest absolute Gasteiger partial charge is 0.493 e. The molecule has 0 bridgehead atoms. The lowest BCUT2D eigenvalue weighted by molar-refractivity contribution is 0.192. The van der Waals surface area contributed by atoms with Crippen LogP contribution in [0.5, 0.6) is 23.1 Å². The van der Waals surface area contributed by atoms with E-state index in [1.165, 1.54) is 0 Å². The molecule has 0 atom stereocenters. The number of nitrogens with zero attached hydrogens (tertiary/aromatic N) is 2. The molecule has 0 saturated carbocycles. The third kappa shape index (κ3) is 4.82. The molecule has 0 amide bonds. The minimum Gasteiger partial charge on any atom is -0.493 e. The third-order valence-corrected chi connectivity index (χ3v) is 4.00. The van der Waals surface area contributed by atoms with E-state index in [9.17, 15) is 0 Å². The number of methoxy groups -OCH3 is 1. The van der Waals surface area contributed by atoms with E-state index >= 15 is 0 Å². The molecule has 0 fully saturated rings. The molecule has 3 rings (SSSR count). The van der Waals surface area contributed by atoms with Crippen LogP contribution in [0.2, 0.25) is 5.02 Å². The van der Waals surface area contributed by atoms with Crippen molar-refractivity contribution >= 4 is 17.4 Å². The van der Waals surface area contributed by atoms with Crippen LogP contribution in [0.15, 0.2) is 48.5 Å². The Bertz CT molecular complexity index is 952. The first-order valence-corrected chi connectivity index (χ1v) is 8.94. The molecule has 146 valence electrons. The van der Waals surface area contributed by atoms with Crippen molar-refractivity contribution in [3.63, 3.8) is 0 Å². The van der Waals surface area contributed by atoms with Gasteiger partial charge in [0.2, 0.25) is 5.75 Å². The van der Waals surface area contributed by atoms with Gasteiger partial charge in [-0.1, -0.05) is 35.9 Å². The van der Waals surface area contributed by atoms with Crippen LogP contribution in [0, 0.1) is 0 Å². The molecule has 2 aromatic carbocycles. The molecule has 0 saturated heterocycles. The number of hydrogen-bond donors (Lipinski definition) is 2. The first-order chi connectivity index (χ1) is 13.6. The maximum Gasteiger partial charge on any atom is 0.263 e. The van der Waals surface area contributed by atoms with Crippen molar-refractivity contribution in [1.82, 2.24) is 9.97 Å². The lowest BCUT2D eigenvalue weighted by Crippen LogP contribution is -2.10. The first kappa shape index (κ1) is 19.7. The van der Waals surface area contributed by atoms with Gasteiger partial charge in [0.25, 0.3) is 5.88 Å². The summed E-state index contributed by atoms with van der Waals surface area (Å²) in [7, 11) is 1.54. The fourth-order valence-corrected chi connectivity index (χ4v) is 2.76. The highest BCUT2D eigenvalue weighted by Gasteiger charge is 2.18. The van der Waals surface area contributed by atoms with Crippen molar-refractivity contribution in [3.8, 4) is 23.1 Å². The second-order valence-electron chi connectivity index (χ2n) is 5.79. The van der Waals surface area contributed by atoms with E-state index in [-0.39, 0.29) is 30.7 Å². The van der Waals surface area contributed by atoms with Crippen molar-refractivity contribution in [2.75, 3.05) is 26.1 Å². The molecule has 0 aliphatic heterocycles. The van der Waals surface area contributed by atoms with Crippen LogP contribution in [-0.2, 0) is 6.42 Å². The second-order valence-corrected chi connectivity index (χ2v) is 6.23. The monoisotopic (exact) mass is 401 g/mol. The number of hydrogen-bond acceptors (Lipinski definition) is 7. The van der Waals surface area contributed by atoms with Crippen LogP contribution >= 0.6 is 11.6 Å². The van der Waals surface area contributed by atoms with Crippen molar-refractivity contribution in [2.45, 2.75) is 6.42 Å². The van der Waals surface area contributed by atoms with Gasteiger partial charge in [-0.2, -0.15) is 4.98 Å². The summed E-state index contributed by atoms with van der Waals surface area (Å²) >= 11 is 6.04. The number of aromatic nitrogens is 2. The van der Waals surface area contributed by atoms with E-state index < -0.39 is 0 Å². The van der Waals surface area contributed by atoms with Gasteiger partial charge >= 0.3 is 0 Å². The lowest BCUT2D eigenvalue weighted by atomic mass is 10.1. The van der Waals surface area contributed by atoms with Gasteiger partial charge in [-0.3, -0.25) is 0 Å². The number of aliphatic hydroxyl groups is 1. The van der Waals surface area contributed by atoms with E-state index in [4.69, 9.17) is 36.7 Å². The summed E-state index contributed by atoms with van der Waals surface area (Å²) in [6.45, 7) is -0.142. The zero-order valence-electron chi connectivity index (χ0n) is 15.3. The minimum absolute atomic E-state index is 0.0370. The smallest absolute Gasteiger partial charge is 0.263 e. The predicted octanol–water partition coefficient (Wildman–Crippen LogP) is 3.48. The van der Waals surface area contributed by atoms with Gasteiger partial charge in [0.15, 0.2) is 17.3 Å². The van der Waals surface area contributed by atoms with Crippen molar-refractivity contribution < 1.29 is 19.3 Å². The Labute approximate surface area is 167 Å². The quantitative estimate of drug-likeness (QED) is 0.596. The maximum atomic E-state index is 9.12. The summed E-state index contributed by atoms with van der Waals surface area (Å²) < 4.78 is 16.7. The Morgan fingerprint density at radius 2 is 1.86 bits per heavy atom. The Hall–Kier alpha value is -3.03. The van der Waals surface area contributed by atoms with E-state index in [1.807, 2.05) is 24.3 Å². The molecule has 7 nitrogen and oxygen atoms in total. The molecule has 0 radical (unpaired) electrons. The van der Waals surface area contributed by atoms with Crippen LogP contribution in [-0.4, -0.2) is 35.4 Å². The summed E-state index contributed by atoms with van der Waals surface area (Å²) in [5.41, 5.74) is 7.06. The SMILES string of the molecule is COc1ccccc1Oc1c(N)nc(Cc2cccc(Cl)c2)nc1OCCO.